The van der Waals surface area contributed by atoms with Crippen LogP contribution in [0.4, 0.5) is 0 Å². The third-order valence-corrected chi connectivity index (χ3v) is 5.82. The molecule has 0 aliphatic carbocycles. The smallest absolute Gasteiger partial charge is 0.272 e. The van der Waals surface area contributed by atoms with Crippen molar-refractivity contribution in [3.8, 4) is 0 Å². The Hall–Kier alpha value is -2.57. The second kappa shape index (κ2) is 12.8. The van der Waals surface area contributed by atoms with E-state index in [1.165, 1.54) is 37.5 Å². The van der Waals surface area contributed by atoms with E-state index in [1.54, 1.807) is 13.2 Å². The highest BCUT2D eigenvalue weighted by atomic mass is 32.2. The quantitative estimate of drug-likeness (QED) is 0.302. The molecule has 2 heterocycles. The van der Waals surface area contributed by atoms with Crippen LogP contribution in [0.15, 0.2) is 18.6 Å². The average Bonchev–Trinajstić information content (AvgIpc) is 3.56. The first-order valence-electron chi connectivity index (χ1n) is 10.9. The van der Waals surface area contributed by atoms with Gasteiger partial charge in [0, 0.05) is 25.3 Å². The van der Waals surface area contributed by atoms with Crippen LogP contribution in [0, 0.1) is 5.92 Å². The van der Waals surface area contributed by atoms with Crippen molar-refractivity contribution in [2.24, 2.45) is 5.92 Å². The van der Waals surface area contributed by atoms with Gasteiger partial charge in [-0.05, 0) is 25.5 Å². The molecule has 1 aliphatic rings. The third-order valence-electron chi connectivity index (χ3n) is 5.16. The summed E-state index contributed by atoms with van der Waals surface area (Å²) in [6, 6.07) is -2.72. The van der Waals surface area contributed by atoms with Crippen molar-refractivity contribution in [2.75, 3.05) is 32.3 Å². The van der Waals surface area contributed by atoms with E-state index >= 15 is 0 Å². The molecule has 1 aliphatic heterocycles. The average molecular weight is 496 g/mol. The van der Waals surface area contributed by atoms with Gasteiger partial charge in [-0.1, -0.05) is 13.8 Å². The number of hydrogen-bond donors (Lipinski definition) is 3. The number of aromatic nitrogens is 2. The lowest BCUT2D eigenvalue weighted by molar-refractivity contribution is -0.133. The lowest BCUT2D eigenvalue weighted by atomic mass is 9.93. The van der Waals surface area contributed by atoms with Gasteiger partial charge in [0.15, 0.2) is 5.78 Å². The molecule has 4 atom stereocenters. The van der Waals surface area contributed by atoms with E-state index in [4.69, 9.17) is 9.47 Å². The van der Waals surface area contributed by atoms with Gasteiger partial charge in [-0.25, -0.2) is 4.98 Å². The van der Waals surface area contributed by atoms with E-state index in [0.29, 0.717) is 13.0 Å². The number of hydrogen-bond acceptors (Lipinski definition) is 9. The standard InChI is InChI=1S/C22H33N5O6S/c1-13(2)8-14(18(28)22(3)12-33-22)25-21(31)17(11-34-5)27-20(30)16(10-32-4)26-19(29)15-9-23-6-7-24-15/h6-7,9,13-14,16-17H,8,10-12H2,1-5H3,(H,25,31)(H,26,29)(H,27,30)/t14-,16-,17+,22+/m0/s1. The first-order chi connectivity index (χ1) is 16.1. The van der Waals surface area contributed by atoms with Crippen LogP contribution in [0.25, 0.3) is 0 Å². The van der Waals surface area contributed by atoms with Gasteiger partial charge in [0.05, 0.1) is 25.5 Å². The van der Waals surface area contributed by atoms with Crippen molar-refractivity contribution in [3.05, 3.63) is 24.3 Å². The van der Waals surface area contributed by atoms with E-state index < -0.39 is 41.4 Å². The summed E-state index contributed by atoms with van der Waals surface area (Å²) in [5, 5.41) is 8.00. The molecule has 11 nitrogen and oxygen atoms in total. The number of Topliss-reactive ketones (excluding diaryl/α,β-unsaturated/α-hetero) is 1. The van der Waals surface area contributed by atoms with Crippen LogP contribution in [0.1, 0.15) is 37.7 Å². The fourth-order valence-electron chi connectivity index (χ4n) is 3.21. The maximum absolute atomic E-state index is 13.1. The zero-order valence-electron chi connectivity index (χ0n) is 20.1. The summed E-state index contributed by atoms with van der Waals surface area (Å²) >= 11 is 1.36. The molecule has 0 saturated carbocycles. The normalized spacial score (nSPS) is 19.6. The summed E-state index contributed by atoms with van der Waals surface area (Å²) in [4.78, 5) is 59.0. The number of methoxy groups -OCH3 is 1. The third kappa shape index (κ3) is 8.03. The van der Waals surface area contributed by atoms with Crippen LogP contribution in [-0.4, -0.2) is 89.5 Å². The van der Waals surface area contributed by atoms with E-state index in [2.05, 4.69) is 25.9 Å². The number of nitrogens with one attached hydrogen (secondary N) is 3. The van der Waals surface area contributed by atoms with Crippen LogP contribution in [0.5, 0.6) is 0 Å². The number of carbonyl (C=O) groups is 4. The Bertz CT molecular complexity index is 865. The molecular formula is C22H33N5O6S. The van der Waals surface area contributed by atoms with E-state index in [1.807, 2.05) is 13.8 Å². The van der Waals surface area contributed by atoms with E-state index in [0.717, 1.165) is 0 Å². The molecule has 1 saturated heterocycles. The Morgan fingerprint density at radius 2 is 1.76 bits per heavy atom. The van der Waals surface area contributed by atoms with Crippen molar-refractivity contribution in [3.63, 3.8) is 0 Å². The summed E-state index contributed by atoms with van der Waals surface area (Å²) in [5.41, 5.74) is -0.833. The van der Waals surface area contributed by atoms with Gasteiger partial charge in [-0.3, -0.25) is 24.2 Å². The topological polar surface area (TPSA) is 152 Å². The van der Waals surface area contributed by atoms with Gasteiger partial charge < -0.3 is 25.4 Å². The molecule has 34 heavy (non-hydrogen) atoms. The minimum absolute atomic E-state index is 0.0423. The summed E-state index contributed by atoms with van der Waals surface area (Å²) < 4.78 is 10.3. The Balaban J connectivity index is 2.08. The SMILES string of the molecule is COC[C@H](NC(=O)c1cnccn1)C(=O)N[C@H](CSC)C(=O)N[C@@H](CC(C)C)C(=O)[C@@]1(C)CO1. The predicted molar refractivity (Wildman–Crippen MR) is 126 cm³/mol. The minimum atomic E-state index is -1.07. The molecule has 12 heteroatoms. The predicted octanol–water partition coefficient (Wildman–Crippen LogP) is -0.0419. The van der Waals surface area contributed by atoms with Crippen molar-refractivity contribution in [1.29, 1.82) is 0 Å². The van der Waals surface area contributed by atoms with Crippen LogP contribution in [0.2, 0.25) is 0 Å². The molecule has 0 spiro atoms. The number of thioether (sulfide) groups is 1. The molecule has 0 radical (unpaired) electrons. The second-order valence-electron chi connectivity index (χ2n) is 8.66. The highest BCUT2D eigenvalue weighted by Gasteiger charge is 2.50. The van der Waals surface area contributed by atoms with Gasteiger partial charge in [0.2, 0.25) is 11.8 Å². The number of ether oxygens (including phenoxy) is 2. The molecular weight excluding hydrogens is 462 g/mol. The first kappa shape index (κ1) is 27.7. The lowest BCUT2D eigenvalue weighted by Gasteiger charge is -2.26. The molecule has 2 rings (SSSR count). The number of rotatable bonds is 14. The summed E-state index contributed by atoms with van der Waals surface area (Å²) in [6.07, 6.45) is 6.31. The summed E-state index contributed by atoms with van der Waals surface area (Å²) in [7, 11) is 1.39. The molecule has 1 aromatic rings. The van der Waals surface area contributed by atoms with Gasteiger partial charge in [0.25, 0.3) is 5.91 Å². The molecule has 0 unspecified atom stereocenters. The second-order valence-corrected chi connectivity index (χ2v) is 9.57. The number of carbonyl (C=O) groups excluding carboxylic acids is 4. The Morgan fingerprint density at radius 1 is 1.12 bits per heavy atom. The summed E-state index contributed by atoms with van der Waals surface area (Å²) in [5.74, 6) is -1.44. The zero-order valence-corrected chi connectivity index (χ0v) is 20.9. The fraction of sp³-hybridized carbons (Fsp3) is 0.636. The number of ketones is 1. The first-order valence-corrected chi connectivity index (χ1v) is 12.3. The van der Waals surface area contributed by atoms with E-state index in [-0.39, 0.29) is 29.8 Å². The van der Waals surface area contributed by atoms with Crippen LogP contribution in [-0.2, 0) is 23.9 Å². The Kier molecular flexibility index (Phi) is 10.4. The highest BCUT2D eigenvalue weighted by molar-refractivity contribution is 7.98. The van der Waals surface area contributed by atoms with Crippen LogP contribution >= 0.6 is 11.8 Å². The molecule has 188 valence electrons. The van der Waals surface area contributed by atoms with Gasteiger partial charge in [0.1, 0.15) is 23.4 Å². The van der Waals surface area contributed by atoms with Crippen molar-refractivity contribution in [2.45, 2.75) is 50.9 Å². The Labute approximate surface area is 203 Å². The number of amides is 3. The molecule has 1 fully saturated rings. The van der Waals surface area contributed by atoms with Crippen molar-refractivity contribution < 1.29 is 28.7 Å². The number of nitrogens with zero attached hydrogens (tertiary/aromatic N) is 2. The zero-order chi connectivity index (χ0) is 25.3. The van der Waals surface area contributed by atoms with Crippen LogP contribution in [0.3, 0.4) is 0 Å². The molecule has 3 N–H and O–H groups in total. The van der Waals surface area contributed by atoms with Crippen molar-refractivity contribution >= 4 is 35.3 Å². The molecule has 0 bridgehead atoms. The maximum atomic E-state index is 13.1. The summed E-state index contributed by atoms with van der Waals surface area (Å²) in [6.45, 7) is 5.82. The van der Waals surface area contributed by atoms with Crippen LogP contribution < -0.4 is 16.0 Å². The van der Waals surface area contributed by atoms with Gasteiger partial charge >= 0.3 is 0 Å². The maximum Gasteiger partial charge on any atom is 0.272 e. The largest absolute Gasteiger partial charge is 0.382 e. The minimum Gasteiger partial charge on any atom is -0.382 e. The lowest BCUT2D eigenvalue weighted by Crippen LogP contribution is -2.58. The molecule has 1 aromatic heterocycles. The Morgan fingerprint density at radius 3 is 2.29 bits per heavy atom. The monoisotopic (exact) mass is 495 g/mol. The molecule has 3 amide bonds. The van der Waals surface area contributed by atoms with E-state index in [9.17, 15) is 19.2 Å². The highest BCUT2D eigenvalue weighted by Crippen LogP contribution is 2.29. The van der Waals surface area contributed by atoms with Gasteiger partial charge in [-0.2, -0.15) is 11.8 Å². The van der Waals surface area contributed by atoms with Gasteiger partial charge in [-0.15, -0.1) is 0 Å². The number of epoxide rings is 1. The molecule has 0 aromatic carbocycles. The fourth-order valence-corrected chi connectivity index (χ4v) is 3.78. The van der Waals surface area contributed by atoms with Crippen molar-refractivity contribution in [1.82, 2.24) is 25.9 Å².